The fraction of sp³-hybridized carbons (Fsp3) is 0.538. The van der Waals surface area contributed by atoms with Crippen LogP contribution in [0.4, 0.5) is 5.69 Å². The van der Waals surface area contributed by atoms with Gasteiger partial charge in [0.1, 0.15) is 5.75 Å². The Labute approximate surface area is 92.6 Å². The number of hydrogen-bond donors (Lipinski definition) is 1. The summed E-state index contributed by atoms with van der Waals surface area (Å²) in [5.41, 5.74) is 2.57. The normalized spacial score (nSPS) is 11.3. The van der Waals surface area contributed by atoms with E-state index >= 15 is 0 Å². The summed E-state index contributed by atoms with van der Waals surface area (Å²) in [7, 11) is 1.70. The summed E-state index contributed by atoms with van der Waals surface area (Å²) >= 11 is 0. The predicted molar refractivity (Wildman–Crippen MR) is 65.9 cm³/mol. The van der Waals surface area contributed by atoms with Crippen LogP contribution in [0, 0.1) is 0 Å². The van der Waals surface area contributed by atoms with E-state index in [1.54, 1.807) is 7.11 Å². The highest BCUT2D eigenvalue weighted by Crippen LogP contribution is 2.31. The minimum atomic E-state index is 0.177. The molecule has 0 aliphatic carbocycles. The molecule has 1 aromatic rings. The molecule has 1 rings (SSSR count). The molecule has 0 aliphatic heterocycles. The Balaban J connectivity index is 3.10. The Morgan fingerprint density at radius 1 is 1.27 bits per heavy atom. The highest BCUT2D eigenvalue weighted by molar-refractivity contribution is 5.58. The molecule has 2 heteroatoms. The van der Waals surface area contributed by atoms with Crippen molar-refractivity contribution in [2.75, 3.05) is 19.0 Å². The summed E-state index contributed by atoms with van der Waals surface area (Å²) in [6.07, 6.45) is 0. The lowest BCUT2D eigenvalue weighted by Crippen LogP contribution is -2.12. The van der Waals surface area contributed by atoms with Crippen molar-refractivity contribution in [3.05, 3.63) is 23.8 Å². The molecule has 0 heterocycles. The van der Waals surface area contributed by atoms with Crippen molar-refractivity contribution in [2.24, 2.45) is 0 Å². The van der Waals surface area contributed by atoms with Crippen molar-refractivity contribution in [1.29, 1.82) is 0 Å². The fourth-order valence-corrected chi connectivity index (χ4v) is 1.50. The first-order valence-electron chi connectivity index (χ1n) is 5.41. The van der Waals surface area contributed by atoms with Crippen molar-refractivity contribution in [3.63, 3.8) is 0 Å². The molecule has 0 atom stereocenters. The maximum atomic E-state index is 5.30. The van der Waals surface area contributed by atoms with Gasteiger partial charge in [0.05, 0.1) is 12.8 Å². The number of rotatable bonds is 3. The third-order valence-electron chi connectivity index (χ3n) is 2.43. The monoisotopic (exact) mass is 207 g/mol. The van der Waals surface area contributed by atoms with E-state index in [4.69, 9.17) is 4.74 Å². The number of anilines is 1. The van der Waals surface area contributed by atoms with Crippen LogP contribution < -0.4 is 10.1 Å². The van der Waals surface area contributed by atoms with Crippen LogP contribution in [0.3, 0.4) is 0 Å². The molecular weight excluding hydrogens is 186 g/mol. The molecule has 0 aromatic heterocycles. The van der Waals surface area contributed by atoms with Crippen LogP contribution in [0.2, 0.25) is 0 Å². The van der Waals surface area contributed by atoms with E-state index < -0.39 is 0 Å². The maximum Gasteiger partial charge on any atom is 0.141 e. The van der Waals surface area contributed by atoms with Gasteiger partial charge in [-0.15, -0.1) is 0 Å². The summed E-state index contributed by atoms with van der Waals surface area (Å²) in [6.45, 7) is 9.63. The predicted octanol–water partition coefficient (Wildman–Crippen LogP) is 3.42. The first kappa shape index (κ1) is 11.9. The number of methoxy groups -OCH3 is 1. The van der Waals surface area contributed by atoms with Gasteiger partial charge in [0.2, 0.25) is 0 Å². The van der Waals surface area contributed by atoms with E-state index in [1.165, 1.54) is 5.56 Å². The summed E-state index contributed by atoms with van der Waals surface area (Å²) in [6, 6.07) is 6.32. The van der Waals surface area contributed by atoms with Gasteiger partial charge in [0.15, 0.2) is 0 Å². The zero-order valence-electron chi connectivity index (χ0n) is 10.3. The van der Waals surface area contributed by atoms with E-state index in [-0.39, 0.29) is 5.41 Å². The SMILES string of the molecule is CCNc1cc(C(C)(C)C)ccc1OC. The summed E-state index contributed by atoms with van der Waals surface area (Å²) < 4.78 is 5.30. The first-order chi connectivity index (χ1) is 6.99. The lowest BCUT2D eigenvalue weighted by molar-refractivity contribution is 0.416. The number of benzene rings is 1. The van der Waals surface area contributed by atoms with E-state index in [1.807, 2.05) is 6.07 Å². The summed E-state index contributed by atoms with van der Waals surface area (Å²) in [5.74, 6) is 0.907. The Morgan fingerprint density at radius 3 is 2.40 bits per heavy atom. The molecule has 0 fully saturated rings. The molecule has 0 unspecified atom stereocenters. The quantitative estimate of drug-likeness (QED) is 0.820. The zero-order valence-corrected chi connectivity index (χ0v) is 10.3. The second kappa shape index (κ2) is 4.56. The number of nitrogens with one attached hydrogen (secondary N) is 1. The Hall–Kier alpha value is -1.18. The smallest absolute Gasteiger partial charge is 0.141 e. The summed E-state index contributed by atoms with van der Waals surface area (Å²) in [4.78, 5) is 0. The van der Waals surface area contributed by atoms with Gasteiger partial charge < -0.3 is 10.1 Å². The Bertz CT molecular complexity index is 326. The molecule has 1 aromatic carbocycles. The molecule has 0 aliphatic rings. The standard InChI is InChI=1S/C13H21NO/c1-6-14-11-9-10(13(2,3)4)7-8-12(11)15-5/h7-9,14H,6H2,1-5H3. The van der Waals surface area contributed by atoms with Gasteiger partial charge in [0, 0.05) is 6.54 Å². The van der Waals surface area contributed by atoms with Crippen LogP contribution >= 0.6 is 0 Å². The van der Waals surface area contributed by atoms with Crippen molar-refractivity contribution in [2.45, 2.75) is 33.1 Å². The molecule has 0 spiro atoms. The lowest BCUT2D eigenvalue weighted by Gasteiger charge is -2.21. The van der Waals surface area contributed by atoms with Crippen LogP contribution in [0.25, 0.3) is 0 Å². The van der Waals surface area contributed by atoms with Crippen LogP contribution in [-0.2, 0) is 5.41 Å². The summed E-state index contributed by atoms with van der Waals surface area (Å²) in [5, 5.41) is 3.31. The maximum absolute atomic E-state index is 5.30. The third-order valence-corrected chi connectivity index (χ3v) is 2.43. The van der Waals surface area contributed by atoms with Crippen LogP contribution in [0.5, 0.6) is 5.75 Å². The van der Waals surface area contributed by atoms with Gasteiger partial charge in [0.25, 0.3) is 0 Å². The van der Waals surface area contributed by atoms with Gasteiger partial charge in [-0.3, -0.25) is 0 Å². The van der Waals surface area contributed by atoms with Crippen LogP contribution in [-0.4, -0.2) is 13.7 Å². The van der Waals surface area contributed by atoms with E-state index in [9.17, 15) is 0 Å². The van der Waals surface area contributed by atoms with Gasteiger partial charge in [-0.25, -0.2) is 0 Å². The minimum absolute atomic E-state index is 0.177. The van der Waals surface area contributed by atoms with Crippen molar-refractivity contribution in [3.8, 4) is 5.75 Å². The van der Waals surface area contributed by atoms with Crippen molar-refractivity contribution in [1.82, 2.24) is 0 Å². The molecule has 0 saturated heterocycles. The molecule has 15 heavy (non-hydrogen) atoms. The van der Waals surface area contributed by atoms with Crippen molar-refractivity contribution >= 4 is 5.69 Å². The van der Waals surface area contributed by atoms with Gasteiger partial charge in [-0.2, -0.15) is 0 Å². The zero-order chi connectivity index (χ0) is 11.5. The fourth-order valence-electron chi connectivity index (χ4n) is 1.50. The molecule has 2 nitrogen and oxygen atoms in total. The molecular formula is C13H21NO. The molecule has 0 saturated carbocycles. The average molecular weight is 207 g/mol. The molecule has 0 bridgehead atoms. The second-order valence-corrected chi connectivity index (χ2v) is 4.70. The van der Waals surface area contributed by atoms with Crippen LogP contribution in [0.1, 0.15) is 33.3 Å². The molecule has 1 N–H and O–H groups in total. The Morgan fingerprint density at radius 2 is 1.93 bits per heavy atom. The van der Waals surface area contributed by atoms with Gasteiger partial charge in [-0.1, -0.05) is 26.8 Å². The third kappa shape index (κ3) is 2.88. The highest BCUT2D eigenvalue weighted by Gasteiger charge is 2.15. The molecule has 0 radical (unpaired) electrons. The topological polar surface area (TPSA) is 21.3 Å². The average Bonchev–Trinajstić information content (AvgIpc) is 2.17. The Kier molecular flexibility index (Phi) is 3.61. The largest absolute Gasteiger partial charge is 0.495 e. The van der Waals surface area contributed by atoms with E-state index in [0.717, 1.165) is 18.0 Å². The highest BCUT2D eigenvalue weighted by atomic mass is 16.5. The van der Waals surface area contributed by atoms with Gasteiger partial charge >= 0.3 is 0 Å². The van der Waals surface area contributed by atoms with E-state index in [2.05, 4.69) is 45.1 Å². The lowest BCUT2D eigenvalue weighted by atomic mass is 9.87. The first-order valence-corrected chi connectivity index (χ1v) is 5.41. The molecule has 0 amide bonds. The van der Waals surface area contributed by atoms with Crippen LogP contribution in [0.15, 0.2) is 18.2 Å². The van der Waals surface area contributed by atoms with Crippen molar-refractivity contribution < 1.29 is 4.74 Å². The second-order valence-electron chi connectivity index (χ2n) is 4.70. The minimum Gasteiger partial charge on any atom is -0.495 e. The molecule has 84 valence electrons. The number of ether oxygens (including phenoxy) is 1. The number of hydrogen-bond acceptors (Lipinski definition) is 2. The van der Waals surface area contributed by atoms with E-state index in [0.29, 0.717) is 0 Å². The van der Waals surface area contributed by atoms with Gasteiger partial charge in [-0.05, 0) is 30.0 Å².